The minimum Gasteiger partial charge on any atom is -0.369 e. The summed E-state index contributed by atoms with van der Waals surface area (Å²) in [5.41, 5.74) is 0.441. The smallest absolute Gasteiger partial charge is 0.274 e. The lowest BCUT2D eigenvalue weighted by Crippen LogP contribution is -2.42. The van der Waals surface area contributed by atoms with Gasteiger partial charge in [-0.15, -0.1) is 10.2 Å². The Morgan fingerprint density at radius 3 is 2.89 bits per heavy atom. The number of hydrogen-bond donors (Lipinski definition) is 1. The highest BCUT2D eigenvalue weighted by molar-refractivity contribution is 5.92. The molecule has 104 valence electrons. The number of carbonyl (C=O) groups excluding carboxylic acids is 1. The van der Waals surface area contributed by atoms with E-state index in [4.69, 9.17) is 0 Å². The minimum atomic E-state index is 0.00161. The summed E-state index contributed by atoms with van der Waals surface area (Å²) < 4.78 is 0. The summed E-state index contributed by atoms with van der Waals surface area (Å²) in [7, 11) is 0. The van der Waals surface area contributed by atoms with E-state index in [0.29, 0.717) is 11.7 Å². The topological polar surface area (TPSA) is 58.1 Å². The average Bonchev–Trinajstić information content (AvgIpc) is 2.45. The number of anilines is 1. The van der Waals surface area contributed by atoms with Gasteiger partial charge in [-0.2, -0.15) is 0 Å². The molecule has 1 saturated heterocycles. The molecular weight excluding hydrogens is 240 g/mol. The molecule has 1 unspecified atom stereocenters. The van der Waals surface area contributed by atoms with E-state index in [9.17, 15) is 4.79 Å². The number of likely N-dealkylation sites (tertiary alicyclic amines) is 1. The first-order valence-electron chi connectivity index (χ1n) is 7.11. The van der Waals surface area contributed by atoms with Gasteiger partial charge in [0.25, 0.3) is 5.91 Å². The van der Waals surface area contributed by atoms with Crippen LogP contribution in [0.5, 0.6) is 0 Å². The van der Waals surface area contributed by atoms with Gasteiger partial charge in [-0.25, -0.2) is 0 Å². The molecular formula is C14H22N4O. The van der Waals surface area contributed by atoms with Gasteiger partial charge in [0.05, 0.1) is 0 Å². The molecule has 0 radical (unpaired) electrons. The van der Waals surface area contributed by atoms with Crippen molar-refractivity contribution < 1.29 is 4.79 Å². The molecule has 1 aliphatic rings. The molecule has 5 nitrogen and oxygen atoms in total. The van der Waals surface area contributed by atoms with E-state index < -0.39 is 0 Å². The molecule has 1 aromatic heterocycles. The summed E-state index contributed by atoms with van der Waals surface area (Å²) in [6.07, 6.45) is 4.40. The Bertz CT molecular complexity index is 418. The van der Waals surface area contributed by atoms with E-state index in [0.717, 1.165) is 38.2 Å². The van der Waals surface area contributed by atoms with Crippen LogP contribution in [0.25, 0.3) is 0 Å². The van der Waals surface area contributed by atoms with Gasteiger partial charge in [0.1, 0.15) is 5.82 Å². The molecule has 0 bridgehead atoms. The molecule has 1 atom stereocenters. The first-order chi connectivity index (χ1) is 9.22. The Balaban J connectivity index is 2.02. The number of hydrogen-bond acceptors (Lipinski definition) is 4. The second-order valence-electron chi connectivity index (χ2n) is 5.07. The van der Waals surface area contributed by atoms with Crippen LogP contribution >= 0.6 is 0 Å². The summed E-state index contributed by atoms with van der Waals surface area (Å²) in [5, 5.41) is 11.2. The molecule has 5 heteroatoms. The predicted octanol–water partition coefficient (Wildman–Crippen LogP) is 2.31. The van der Waals surface area contributed by atoms with Gasteiger partial charge in [0.2, 0.25) is 0 Å². The maximum absolute atomic E-state index is 12.3. The zero-order valence-corrected chi connectivity index (χ0v) is 11.7. The van der Waals surface area contributed by atoms with Gasteiger partial charge < -0.3 is 10.2 Å². The molecule has 0 aromatic carbocycles. The lowest BCUT2D eigenvalue weighted by atomic mass is 10.0. The van der Waals surface area contributed by atoms with Crippen LogP contribution in [0.15, 0.2) is 12.1 Å². The van der Waals surface area contributed by atoms with Crippen molar-refractivity contribution in [3.63, 3.8) is 0 Å². The summed E-state index contributed by atoms with van der Waals surface area (Å²) >= 11 is 0. The molecule has 19 heavy (non-hydrogen) atoms. The number of nitrogens with zero attached hydrogens (tertiary/aromatic N) is 3. The standard InChI is InChI=1S/C14H22N4O/c1-3-9-15-13-8-7-12(16-17-13)14(19)18-10-5-4-6-11(18)2/h7-8,11H,3-6,9-10H2,1-2H3,(H,15,17). The SMILES string of the molecule is CCCNc1ccc(C(=O)N2CCCCC2C)nn1. The van der Waals surface area contributed by atoms with E-state index >= 15 is 0 Å². The summed E-state index contributed by atoms with van der Waals surface area (Å²) in [6, 6.07) is 3.89. The first-order valence-corrected chi connectivity index (χ1v) is 7.11. The monoisotopic (exact) mass is 262 g/mol. The lowest BCUT2D eigenvalue weighted by Gasteiger charge is -2.33. The van der Waals surface area contributed by atoms with Crippen molar-refractivity contribution >= 4 is 11.7 Å². The van der Waals surface area contributed by atoms with E-state index in [1.165, 1.54) is 6.42 Å². The van der Waals surface area contributed by atoms with Crippen LogP contribution in [-0.4, -0.2) is 40.1 Å². The van der Waals surface area contributed by atoms with Crippen molar-refractivity contribution in [1.29, 1.82) is 0 Å². The molecule has 1 aliphatic heterocycles. The number of amides is 1. The van der Waals surface area contributed by atoms with Crippen molar-refractivity contribution in [2.24, 2.45) is 0 Å². The van der Waals surface area contributed by atoms with Gasteiger partial charge in [-0.05, 0) is 44.7 Å². The van der Waals surface area contributed by atoms with Gasteiger partial charge in [0, 0.05) is 19.1 Å². The molecule has 1 fully saturated rings. The summed E-state index contributed by atoms with van der Waals surface area (Å²) in [5.74, 6) is 0.729. The van der Waals surface area contributed by atoms with Crippen molar-refractivity contribution in [3.8, 4) is 0 Å². The molecule has 1 N–H and O–H groups in total. The number of rotatable bonds is 4. The fourth-order valence-corrected chi connectivity index (χ4v) is 2.34. The van der Waals surface area contributed by atoms with Crippen LogP contribution in [0.3, 0.4) is 0 Å². The Labute approximate surface area is 114 Å². The highest BCUT2D eigenvalue weighted by atomic mass is 16.2. The van der Waals surface area contributed by atoms with Gasteiger partial charge in [-0.1, -0.05) is 6.92 Å². The van der Waals surface area contributed by atoms with Crippen molar-refractivity contribution in [2.75, 3.05) is 18.4 Å². The normalized spacial score (nSPS) is 19.3. The zero-order chi connectivity index (χ0) is 13.7. The molecule has 0 spiro atoms. The molecule has 2 heterocycles. The molecule has 2 rings (SSSR count). The quantitative estimate of drug-likeness (QED) is 0.904. The second-order valence-corrected chi connectivity index (χ2v) is 5.07. The van der Waals surface area contributed by atoms with Gasteiger partial charge in [0.15, 0.2) is 5.69 Å². The van der Waals surface area contributed by atoms with E-state index in [2.05, 4.69) is 29.4 Å². The molecule has 1 aromatic rings. The van der Waals surface area contributed by atoms with Crippen molar-refractivity contribution in [1.82, 2.24) is 15.1 Å². The average molecular weight is 262 g/mol. The third-order valence-electron chi connectivity index (χ3n) is 3.50. The largest absolute Gasteiger partial charge is 0.369 e. The van der Waals surface area contributed by atoms with Crippen LogP contribution < -0.4 is 5.32 Å². The third-order valence-corrected chi connectivity index (χ3v) is 3.50. The highest BCUT2D eigenvalue weighted by Crippen LogP contribution is 2.18. The van der Waals surface area contributed by atoms with Crippen LogP contribution in [0, 0.1) is 0 Å². The molecule has 0 saturated carbocycles. The molecule has 0 aliphatic carbocycles. The minimum absolute atomic E-state index is 0.00161. The second kappa shape index (κ2) is 6.50. The molecule has 1 amide bonds. The van der Waals surface area contributed by atoms with Crippen LogP contribution in [0.1, 0.15) is 50.0 Å². The summed E-state index contributed by atoms with van der Waals surface area (Å²) in [6.45, 7) is 5.89. The van der Waals surface area contributed by atoms with Crippen molar-refractivity contribution in [3.05, 3.63) is 17.8 Å². The maximum atomic E-state index is 12.3. The summed E-state index contributed by atoms with van der Waals surface area (Å²) in [4.78, 5) is 14.2. The Morgan fingerprint density at radius 1 is 1.42 bits per heavy atom. The Kier molecular flexibility index (Phi) is 4.71. The fourth-order valence-electron chi connectivity index (χ4n) is 2.34. The number of aromatic nitrogens is 2. The third kappa shape index (κ3) is 3.43. The number of nitrogens with one attached hydrogen (secondary N) is 1. The zero-order valence-electron chi connectivity index (χ0n) is 11.7. The first kappa shape index (κ1) is 13.8. The highest BCUT2D eigenvalue weighted by Gasteiger charge is 2.25. The predicted molar refractivity (Wildman–Crippen MR) is 75.2 cm³/mol. The van der Waals surface area contributed by atoms with Gasteiger partial charge in [-0.3, -0.25) is 4.79 Å². The Hall–Kier alpha value is -1.65. The van der Waals surface area contributed by atoms with E-state index in [1.54, 1.807) is 6.07 Å². The fraction of sp³-hybridized carbons (Fsp3) is 0.643. The van der Waals surface area contributed by atoms with Crippen LogP contribution in [-0.2, 0) is 0 Å². The van der Waals surface area contributed by atoms with Crippen molar-refractivity contribution in [2.45, 2.75) is 45.6 Å². The van der Waals surface area contributed by atoms with E-state index in [1.807, 2.05) is 11.0 Å². The van der Waals surface area contributed by atoms with Gasteiger partial charge >= 0.3 is 0 Å². The maximum Gasteiger partial charge on any atom is 0.274 e. The van der Waals surface area contributed by atoms with Crippen LogP contribution in [0.2, 0.25) is 0 Å². The Morgan fingerprint density at radius 2 is 2.26 bits per heavy atom. The number of carbonyl (C=O) groups is 1. The number of piperidine rings is 1. The van der Waals surface area contributed by atoms with Crippen LogP contribution in [0.4, 0.5) is 5.82 Å². The lowest BCUT2D eigenvalue weighted by molar-refractivity contribution is 0.0628. The van der Waals surface area contributed by atoms with E-state index in [-0.39, 0.29) is 5.91 Å².